The Hall–Kier alpha value is -3.02. The molecule has 0 unspecified atom stereocenters. The minimum absolute atomic E-state index is 0.333. The number of carboxylic acid groups (broad SMARTS) is 1. The molecule has 3 rings (SSSR count). The SMILES string of the molecule is O=C(O)[C@@H](Cc1ccccc1)[C@H](Cc1ccccc1)c1nnn[nH]1. The number of carboxylic acids is 1. The zero-order chi connectivity index (χ0) is 16.8. The van der Waals surface area contributed by atoms with Gasteiger partial charge in [-0.1, -0.05) is 60.7 Å². The molecule has 0 aliphatic rings. The first kappa shape index (κ1) is 15.9. The van der Waals surface area contributed by atoms with Gasteiger partial charge in [-0.15, -0.1) is 5.10 Å². The van der Waals surface area contributed by atoms with E-state index in [2.05, 4.69) is 20.6 Å². The van der Waals surface area contributed by atoms with Gasteiger partial charge in [0.25, 0.3) is 0 Å². The van der Waals surface area contributed by atoms with Crippen LogP contribution in [0.3, 0.4) is 0 Å². The van der Waals surface area contributed by atoms with Crippen LogP contribution < -0.4 is 0 Å². The lowest BCUT2D eigenvalue weighted by Gasteiger charge is -2.22. The Bertz CT molecular complexity index is 760. The van der Waals surface area contributed by atoms with Crippen LogP contribution in [-0.4, -0.2) is 31.7 Å². The monoisotopic (exact) mass is 322 g/mol. The number of carbonyl (C=O) groups is 1. The van der Waals surface area contributed by atoms with Crippen molar-refractivity contribution in [1.82, 2.24) is 20.6 Å². The predicted molar refractivity (Wildman–Crippen MR) is 88.3 cm³/mol. The van der Waals surface area contributed by atoms with Gasteiger partial charge in [-0.25, -0.2) is 5.10 Å². The van der Waals surface area contributed by atoms with Crippen molar-refractivity contribution in [2.75, 3.05) is 0 Å². The number of hydrogen-bond acceptors (Lipinski definition) is 4. The summed E-state index contributed by atoms with van der Waals surface area (Å²) in [6, 6.07) is 19.4. The minimum atomic E-state index is -0.851. The minimum Gasteiger partial charge on any atom is -0.481 e. The fraction of sp³-hybridized carbons (Fsp3) is 0.222. The number of nitrogens with one attached hydrogen (secondary N) is 1. The Morgan fingerprint density at radius 2 is 1.54 bits per heavy atom. The van der Waals surface area contributed by atoms with Crippen LogP contribution in [0.4, 0.5) is 0 Å². The van der Waals surface area contributed by atoms with E-state index in [0.29, 0.717) is 18.7 Å². The molecule has 1 heterocycles. The number of rotatable bonds is 7. The van der Waals surface area contributed by atoms with E-state index >= 15 is 0 Å². The molecule has 1 aromatic heterocycles. The van der Waals surface area contributed by atoms with E-state index in [0.717, 1.165) is 11.1 Å². The van der Waals surface area contributed by atoms with Gasteiger partial charge in [0, 0.05) is 5.92 Å². The van der Waals surface area contributed by atoms with Crippen molar-refractivity contribution in [3.8, 4) is 0 Å². The molecule has 122 valence electrons. The number of tetrazole rings is 1. The Labute approximate surface area is 139 Å². The highest BCUT2D eigenvalue weighted by atomic mass is 16.4. The third kappa shape index (κ3) is 3.84. The van der Waals surface area contributed by atoms with Gasteiger partial charge in [0.2, 0.25) is 0 Å². The maximum Gasteiger partial charge on any atom is 0.307 e. The van der Waals surface area contributed by atoms with Gasteiger partial charge >= 0.3 is 5.97 Å². The summed E-state index contributed by atoms with van der Waals surface area (Å²) >= 11 is 0. The number of nitrogens with zero attached hydrogens (tertiary/aromatic N) is 3. The molecule has 2 atom stereocenters. The van der Waals surface area contributed by atoms with Crippen LogP contribution in [0, 0.1) is 5.92 Å². The maximum atomic E-state index is 11.9. The molecule has 0 bridgehead atoms. The Balaban J connectivity index is 1.90. The van der Waals surface area contributed by atoms with E-state index in [1.807, 2.05) is 60.7 Å². The lowest BCUT2D eigenvalue weighted by molar-refractivity contribution is -0.142. The van der Waals surface area contributed by atoms with Crippen LogP contribution >= 0.6 is 0 Å². The summed E-state index contributed by atoms with van der Waals surface area (Å²) in [4.78, 5) is 11.9. The number of benzene rings is 2. The van der Waals surface area contributed by atoms with E-state index in [9.17, 15) is 9.90 Å². The summed E-state index contributed by atoms with van der Waals surface area (Å²) in [5.74, 6) is -1.30. The van der Waals surface area contributed by atoms with Gasteiger partial charge < -0.3 is 5.11 Å². The van der Waals surface area contributed by atoms with Gasteiger partial charge in [0.15, 0.2) is 5.82 Å². The van der Waals surface area contributed by atoms with E-state index < -0.39 is 11.9 Å². The van der Waals surface area contributed by atoms with E-state index in [-0.39, 0.29) is 5.92 Å². The van der Waals surface area contributed by atoms with Gasteiger partial charge in [-0.3, -0.25) is 4.79 Å². The zero-order valence-corrected chi connectivity index (χ0v) is 13.0. The summed E-state index contributed by atoms with van der Waals surface area (Å²) in [6.07, 6.45) is 0.982. The van der Waals surface area contributed by atoms with Crippen molar-refractivity contribution in [1.29, 1.82) is 0 Å². The highest BCUT2D eigenvalue weighted by Crippen LogP contribution is 2.29. The van der Waals surface area contributed by atoms with Crippen molar-refractivity contribution < 1.29 is 9.90 Å². The summed E-state index contributed by atoms with van der Waals surface area (Å²) in [7, 11) is 0. The maximum absolute atomic E-state index is 11.9. The highest BCUT2D eigenvalue weighted by Gasteiger charge is 2.32. The first-order valence-corrected chi connectivity index (χ1v) is 7.78. The van der Waals surface area contributed by atoms with E-state index in [1.165, 1.54) is 0 Å². The van der Waals surface area contributed by atoms with Crippen molar-refractivity contribution in [3.63, 3.8) is 0 Å². The van der Waals surface area contributed by atoms with Crippen molar-refractivity contribution in [3.05, 3.63) is 77.6 Å². The molecule has 6 heteroatoms. The average Bonchev–Trinajstić information content (AvgIpc) is 3.14. The smallest absolute Gasteiger partial charge is 0.307 e. The van der Waals surface area contributed by atoms with Crippen LogP contribution in [-0.2, 0) is 17.6 Å². The highest BCUT2D eigenvalue weighted by molar-refractivity contribution is 5.71. The summed E-state index contributed by atoms with van der Waals surface area (Å²) in [5.41, 5.74) is 2.04. The third-order valence-corrected chi connectivity index (χ3v) is 4.11. The van der Waals surface area contributed by atoms with Crippen LogP contribution in [0.25, 0.3) is 0 Å². The van der Waals surface area contributed by atoms with Crippen LogP contribution in [0.5, 0.6) is 0 Å². The van der Waals surface area contributed by atoms with Crippen molar-refractivity contribution in [2.45, 2.75) is 18.8 Å². The predicted octanol–water partition coefficient (Wildman–Crippen LogP) is 2.47. The Morgan fingerprint density at radius 3 is 2.04 bits per heavy atom. The fourth-order valence-electron chi connectivity index (χ4n) is 2.89. The first-order chi connectivity index (χ1) is 11.7. The van der Waals surface area contributed by atoms with Gasteiger partial charge in [-0.05, 0) is 34.4 Å². The number of H-pyrrole nitrogens is 1. The van der Waals surface area contributed by atoms with Gasteiger partial charge in [-0.2, -0.15) is 0 Å². The number of aromatic amines is 1. The molecule has 3 aromatic rings. The molecule has 0 saturated carbocycles. The molecule has 6 nitrogen and oxygen atoms in total. The fourth-order valence-corrected chi connectivity index (χ4v) is 2.89. The number of aliphatic carboxylic acids is 1. The topological polar surface area (TPSA) is 91.8 Å². The molecular weight excluding hydrogens is 304 g/mol. The summed E-state index contributed by atoms with van der Waals surface area (Å²) in [5, 5.41) is 23.8. The molecule has 24 heavy (non-hydrogen) atoms. The van der Waals surface area contributed by atoms with Crippen molar-refractivity contribution >= 4 is 5.97 Å². The number of hydrogen-bond donors (Lipinski definition) is 2. The Kier molecular flexibility index (Phi) is 4.96. The second-order valence-corrected chi connectivity index (χ2v) is 5.72. The Morgan fingerprint density at radius 1 is 0.958 bits per heavy atom. The van der Waals surface area contributed by atoms with Crippen LogP contribution in [0.1, 0.15) is 22.9 Å². The lowest BCUT2D eigenvalue weighted by atomic mass is 9.82. The molecule has 0 amide bonds. The lowest BCUT2D eigenvalue weighted by Crippen LogP contribution is -2.27. The van der Waals surface area contributed by atoms with Crippen LogP contribution in [0.2, 0.25) is 0 Å². The standard InChI is InChI=1S/C18H18N4O2/c23-18(24)16(12-14-9-5-2-6-10-14)15(17-19-21-22-20-17)11-13-7-3-1-4-8-13/h1-10,15-16H,11-12H2,(H,23,24)(H,19,20,21,22)/t15-,16-/m0/s1. The zero-order valence-electron chi connectivity index (χ0n) is 13.0. The van der Waals surface area contributed by atoms with Gasteiger partial charge in [0.05, 0.1) is 5.92 Å². The molecular formula is C18H18N4O2. The molecule has 0 aliphatic carbocycles. The normalized spacial score (nSPS) is 13.3. The molecule has 0 saturated heterocycles. The average molecular weight is 322 g/mol. The summed E-state index contributed by atoms with van der Waals surface area (Å²) < 4.78 is 0. The van der Waals surface area contributed by atoms with Crippen molar-refractivity contribution in [2.24, 2.45) is 5.92 Å². The third-order valence-electron chi connectivity index (χ3n) is 4.11. The second-order valence-electron chi connectivity index (χ2n) is 5.72. The molecule has 2 aromatic carbocycles. The largest absolute Gasteiger partial charge is 0.481 e. The molecule has 0 radical (unpaired) electrons. The number of aromatic nitrogens is 4. The van der Waals surface area contributed by atoms with Crippen LogP contribution in [0.15, 0.2) is 60.7 Å². The summed E-state index contributed by atoms with van der Waals surface area (Å²) in [6.45, 7) is 0. The molecule has 0 spiro atoms. The second kappa shape index (κ2) is 7.50. The molecule has 2 N–H and O–H groups in total. The van der Waals surface area contributed by atoms with E-state index in [1.54, 1.807) is 0 Å². The molecule has 0 fully saturated rings. The quantitative estimate of drug-likeness (QED) is 0.697. The first-order valence-electron chi connectivity index (χ1n) is 7.78. The van der Waals surface area contributed by atoms with Gasteiger partial charge in [0.1, 0.15) is 0 Å². The van der Waals surface area contributed by atoms with E-state index in [4.69, 9.17) is 0 Å². The molecule has 0 aliphatic heterocycles.